The molecular formula is C16H24N6OS. The lowest BCUT2D eigenvalue weighted by Crippen LogP contribution is -2.47. The molecule has 2 aromatic heterocycles. The third-order valence-electron chi connectivity index (χ3n) is 4.65. The third-order valence-corrected chi connectivity index (χ3v) is 5.64. The van der Waals surface area contributed by atoms with E-state index in [9.17, 15) is 4.79 Å². The maximum absolute atomic E-state index is 12.5. The van der Waals surface area contributed by atoms with Crippen molar-refractivity contribution in [2.45, 2.75) is 46.2 Å². The molecule has 1 amide bonds. The first-order chi connectivity index (χ1) is 11.5. The van der Waals surface area contributed by atoms with Crippen LogP contribution < -0.4 is 5.32 Å². The van der Waals surface area contributed by atoms with Crippen LogP contribution in [0.2, 0.25) is 0 Å². The second kappa shape index (κ2) is 7.40. The van der Waals surface area contributed by atoms with Gasteiger partial charge in [0.15, 0.2) is 5.13 Å². The van der Waals surface area contributed by atoms with E-state index in [-0.39, 0.29) is 11.9 Å². The summed E-state index contributed by atoms with van der Waals surface area (Å²) in [6.07, 6.45) is 5.58. The summed E-state index contributed by atoms with van der Waals surface area (Å²) in [5, 5.41) is 7.84. The summed E-state index contributed by atoms with van der Waals surface area (Å²) >= 11 is 1.53. The number of thiazole rings is 1. The molecule has 8 heteroatoms. The number of likely N-dealkylation sites (tertiary alicyclic amines) is 1. The highest BCUT2D eigenvalue weighted by Gasteiger charge is 2.28. The Hall–Kier alpha value is -1.80. The van der Waals surface area contributed by atoms with Crippen molar-refractivity contribution in [3.05, 3.63) is 23.2 Å². The Bertz CT molecular complexity index is 663. The molecule has 2 aromatic rings. The van der Waals surface area contributed by atoms with Gasteiger partial charge in [-0.25, -0.2) is 9.97 Å². The van der Waals surface area contributed by atoms with Gasteiger partial charge in [-0.3, -0.25) is 14.4 Å². The molecule has 1 aliphatic rings. The van der Waals surface area contributed by atoms with E-state index in [4.69, 9.17) is 0 Å². The van der Waals surface area contributed by atoms with Crippen LogP contribution >= 0.6 is 11.3 Å². The Morgan fingerprint density at radius 3 is 3.00 bits per heavy atom. The van der Waals surface area contributed by atoms with E-state index in [2.05, 4.69) is 25.3 Å². The van der Waals surface area contributed by atoms with Gasteiger partial charge in [-0.2, -0.15) is 5.10 Å². The molecule has 1 fully saturated rings. The van der Waals surface area contributed by atoms with Crippen LogP contribution in [0.5, 0.6) is 0 Å². The Labute approximate surface area is 146 Å². The van der Waals surface area contributed by atoms with Crippen molar-refractivity contribution in [1.29, 1.82) is 0 Å². The smallest absolute Gasteiger partial charge is 0.243 e. The van der Waals surface area contributed by atoms with Crippen molar-refractivity contribution in [2.24, 2.45) is 5.92 Å². The largest absolute Gasteiger partial charge is 0.301 e. The van der Waals surface area contributed by atoms with E-state index in [1.807, 2.05) is 25.5 Å². The second-order valence-electron chi connectivity index (χ2n) is 6.45. The lowest BCUT2D eigenvalue weighted by atomic mass is 9.96. The van der Waals surface area contributed by atoms with Gasteiger partial charge in [0.1, 0.15) is 12.7 Å². The van der Waals surface area contributed by atoms with Crippen LogP contribution in [0.25, 0.3) is 0 Å². The predicted molar refractivity (Wildman–Crippen MR) is 94.0 cm³/mol. The Morgan fingerprint density at radius 2 is 2.33 bits per heavy atom. The van der Waals surface area contributed by atoms with Crippen molar-refractivity contribution in [3.63, 3.8) is 0 Å². The first-order valence-electron chi connectivity index (χ1n) is 8.34. The number of nitrogens with zero attached hydrogens (tertiary/aromatic N) is 5. The van der Waals surface area contributed by atoms with Gasteiger partial charge in [0, 0.05) is 18.0 Å². The molecule has 2 atom stereocenters. The topological polar surface area (TPSA) is 75.9 Å². The minimum absolute atomic E-state index is 0.0187. The Balaban J connectivity index is 1.56. The maximum Gasteiger partial charge on any atom is 0.243 e. The van der Waals surface area contributed by atoms with Crippen LogP contribution in [0.4, 0.5) is 5.13 Å². The third kappa shape index (κ3) is 3.99. The summed E-state index contributed by atoms with van der Waals surface area (Å²) in [5.41, 5.74) is 0.980. The van der Waals surface area contributed by atoms with Gasteiger partial charge >= 0.3 is 0 Å². The van der Waals surface area contributed by atoms with Crippen LogP contribution in [0.3, 0.4) is 0 Å². The zero-order chi connectivity index (χ0) is 17.1. The molecule has 2 unspecified atom stereocenters. The first kappa shape index (κ1) is 17.0. The molecule has 0 aliphatic carbocycles. The highest BCUT2D eigenvalue weighted by atomic mass is 32.1. The summed E-state index contributed by atoms with van der Waals surface area (Å²) in [7, 11) is 0. The first-order valence-corrected chi connectivity index (χ1v) is 9.16. The van der Waals surface area contributed by atoms with Crippen molar-refractivity contribution < 1.29 is 4.79 Å². The average Bonchev–Trinajstić information content (AvgIpc) is 3.17. The molecule has 1 saturated heterocycles. The van der Waals surface area contributed by atoms with Gasteiger partial charge in [-0.05, 0) is 46.1 Å². The molecular weight excluding hydrogens is 324 g/mol. The Morgan fingerprint density at radius 1 is 1.50 bits per heavy atom. The van der Waals surface area contributed by atoms with E-state index in [0.29, 0.717) is 11.0 Å². The van der Waals surface area contributed by atoms with Crippen LogP contribution in [0.1, 0.15) is 30.3 Å². The number of anilines is 1. The monoisotopic (exact) mass is 348 g/mol. The molecule has 0 bridgehead atoms. The average molecular weight is 348 g/mol. The Kier molecular flexibility index (Phi) is 5.25. The number of nitrogens with one attached hydrogen (secondary N) is 1. The molecule has 130 valence electrons. The van der Waals surface area contributed by atoms with Gasteiger partial charge in [0.05, 0.1) is 11.7 Å². The standard InChI is InChI=1S/C16H24N6OS/c1-11-13(3)24-16(19-11)20-15(23)12(2)21-6-4-5-14(7-21)8-22-10-17-9-18-22/h9-10,12,14H,4-8H2,1-3H3,(H,19,20,23). The summed E-state index contributed by atoms with van der Waals surface area (Å²) in [5.74, 6) is 0.519. The number of hydrogen-bond donors (Lipinski definition) is 1. The molecule has 0 radical (unpaired) electrons. The number of carbonyl (C=O) groups excluding carboxylic acids is 1. The molecule has 3 rings (SSSR count). The molecule has 0 saturated carbocycles. The SMILES string of the molecule is Cc1nc(NC(=O)C(C)N2CCCC(Cn3cncn3)C2)sc1C. The molecule has 0 spiro atoms. The van der Waals surface area contributed by atoms with Crippen LogP contribution in [-0.4, -0.2) is 49.7 Å². The summed E-state index contributed by atoms with van der Waals surface area (Å²) < 4.78 is 1.88. The summed E-state index contributed by atoms with van der Waals surface area (Å²) in [6, 6.07) is -0.159. The van der Waals surface area contributed by atoms with Gasteiger partial charge in [-0.1, -0.05) is 0 Å². The predicted octanol–water partition coefficient (Wildman–Crippen LogP) is 2.09. The molecule has 24 heavy (non-hydrogen) atoms. The number of rotatable bonds is 5. The highest BCUT2D eigenvalue weighted by Crippen LogP contribution is 2.23. The van der Waals surface area contributed by atoms with Gasteiger partial charge < -0.3 is 5.32 Å². The van der Waals surface area contributed by atoms with E-state index >= 15 is 0 Å². The summed E-state index contributed by atoms with van der Waals surface area (Å²) in [6.45, 7) is 8.68. The fraction of sp³-hybridized carbons (Fsp3) is 0.625. The quantitative estimate of drug-likeness (QED) is 0.895. The number of aryl methyl sites for hydroxylation is 2. The minimum Gasteiger partial charge on any atom is -0.301 e. The van der Waals surface area contributed by atoms with Gasteiger partial charge in [0.2, 0.25) is 5.91 Å². The fourth-order valence-corrected chi connectivity index (χ4v) is 3.91. The minimum atomic E-state index is -0.159. The molecule has 1 aliphatic heterocycles. The fourth-order valence-electron chi connectivity index (χ4n) is 3.09. The zero-order valence-electron chi connectivity index (χ0n) is 14.4. The lowest BCUT2D eigenvalue weighted by molar-refractivity contribution is -0.121. The van der Waals surface area contributed by atoms with Crippen LogP contribution in [0, 0.1) is 19.8 Å². The number of hydrogen-bond acceptors (Lipinski definition) is 6. The van der Waals surface area contributed by atoms with Gasteiger partial charge in [-0.15, -0.1) is 11.3 Å². The molecule has 7 nitrogen and oxygen atoms in total. The lowest BCUT2D eigenvalue weighted by Gasteiger charge is -2.35. The van der Waals surface area contributed by atoms with Crippen molar-refractivity contribution in [3.8, 4) is 0 Å². The van der Waals surface area contributed by atoms with Gasteiger partial charge in [0.25, 0.3) is 0 Å². The van der Waals surface area contributed by atoms with Crippen molar-refractivity contribution in [2.75, 3.05) is 18.4 Å². The van der Waals surface area contributed by atoms with Crippen LogP contribution in [0.15, 0.2) is 12.7 Å². The molecule has 0 aromatic carbocycles. The van der Waals surface area contributed by atoms with E-state index in [0.717, 1.165) is 43.0 Å². The number of piperidine rings is 1. The number of amides is 1. The normalized spacial score (nSPS) is 20.0. The number of aromatic nitrogens is 4. The maximum atomic E-state index is 12.5. The van der Waals surface area contributed by atoms with E-state index in [1.165, 1.54) is 11.3 Å². The van der Waals surface area contributed by atoms with Crippen LogP contribution in [-0.2, 0) is 11.3 Å². The van der Waals surface area contributed by atoms with Crippen molar-refractivity contribution in [1.82, 2.24) is 24.6 Å². The molecule has 1 N–H and O–H groups in total. The van der Waals surface area contributed by atoms with E-state index < -0.39 is 0 Å². The molecule has 3 heterocycles. The van der Waals surface area contributed by atoms with Crippen molar-refractivity contribution >= 4 is 22.4 Å². The number of carbonyl (C=O) groups is 1. The second-order valence-corrected chi connectivity index (χ2v) is 7.65. The zero-order valence-corrected chi connectivity index (χ0v) is 15.2. The summed E-state index contributed by atoms with van der Waals surface area (Å²) in [4.78, 5) is 24.3. The highest BCUT2D eigenvalue weighted by molar-refractivity contribution is 7.15. The van der Waals surface area contributed by atoms with E-state index in [1.54, 1.807) is 12.7 Å².